The SMILES string of the molecule is N#Cc1c(NC(=O)CSc2nnc3c(n2)[nH]c2ccccc23)sc2c1CCCC2. The van der Waals surface area contributed by atoms with Crippen molar-refractivity contribution < 1.29 is 4.79 Å². The molecule has 9 heteroatoms. The fraction of sp³-hybridized carbons (Fsp3) is 0.250. The molecule has 5 rings (SSSR count). The van der Waals surface area contributed by atoms with Gasteiger partial charge in [0.1, 0.15) is 16.6 Å². The fourth-order valence-electron chi connectivity index (χ4n) is 3.63. The van der Waals surface area contributed by atoms with Crippen LogP contribution in [0.2, 0.25) is 0 Å². The number of carbonyl (C=O) groups is 1. The van der Waals surface area contributed by atoms with Gasteiger partial charge >= 0.3 is 0 Å². The van der Waals surface area contributed by atoms with Crippen LogP contribution in [0.25, 0.3) is 22.1 Å². The lowest BCUT2D eigenvalue weighted by molar-refractivity contribution is -0.113. The largest absolute Gasteiger partial charge is 0.338 e. The highest BCUT2D eigenvalue weighted by molar-refractivity contribution is 7.99. The number of fused-ring (bicyclic) bond motifs is 4. The van der Waals surface area contributed by atoms with E-state index in [-0.39, 0.29) is 11.7 Å². The summed E-state index contributed by atoms with van der Waals surface area (Å²) in [6, 6.07) is 10.1. The highest BCUT2D eigenvalue weighted by Crippen LogP contribution is 2.37. The number of nitrogens with one attached hydrogen (secondary N) is 2. The third kappa shape index (κ3) is 3.34. The predicted octanol–water partition coefficient (Wildman–Crippen LogP) is 4.05. The zero-order valence-electron chi connectivity index (χ0n) is 15.4. The van der Waals surface area contributed by atoms with Crippen LogP contribution in [0, 0.1) is 11.3 Å². The Labute approximate surface area is 174 Å². The third-order valence-electron chi connectivity index (χ3n) is 4.97. The first-order chi connectivity index (χ1) is 14.2. The van der Waals surface area contributed by atoms with Gasteiger partial charge in [-0.25, -0.2) is 4.98 Å². The number of nitriles is 1. The number of hydrogen-bond donors (Lipinski definition) is 2. The number of para-hydroxylation sites is 1. The van der Waals surface area contributed by atoms with Gasteiger partial charge in [0.2, 0.25) is 11.1 Å². The van der Waals surface area contributed by atoms with Crippen LogP contribution >= 0.6 is 23.1 Å². The molecule has 1 aliphatic carbocycles. The van der Waals surface area contributed by atoms with Crippen LogP contribution in [0.15, 0.2) is 29.4 Å². The minimum Gasteiger partial charge on any atom is -0.338 e. The Kier molecular flexibility index (Phi) is 4.66. The molecule has 2 N–H and O–H groups in total. The smallest absolute Gasteiger partial charge is 0.235 e. The summed E-state index contributed by atoms with van der Waals surface area (Å²) >= 11 is 2.75. The quantitative estimate of drug-likeness (QED) is 0.482. The molecule has 29 heavy (non-hydrogen) atoms. The molecule has 0 radical (unpaired) electrons. The second kappa shape index (κ2) is 7.46. The van der Waals surface area contributed by atoms with E-state index in [9.17, 15) is 10.1 Å². The van der Waals surface area contributed by atoms with Crippen LogP contribution in [0.5, 0.6) is 0 Å². The van der Waals surface area contributed by atoms with E-state index in [4.69, 9.17) is 0 Å². The van der Waals surface area contributed by atoms with Crippen LogP contribution in [0.4, 0.5) is 5.00 Å². The Bertz CT molecular complexity index is 1290. The van der Waals surface area contributed by atoms with E-state index in [1.807, 2.05) is 24.3 Å². The van der Waals surface area contributed by atoms with Gasteiger partial charge in [-0.3, -0.25) is 4.79 Å². The lowest BCUT2D eigenvalue weighted by atomic mass is 9.96. The van der Waals surface area contributed by atoms with E-state index in [1.165, 1.54) is 28.0 Å². The predicted molar refractivity (Wildman–Crippen MR) is 114 cm³/mol. The molecule has 1 amide bonds. The molecule has 3 heterocycles. The first-order valence-electron chi connectivity index (χ1n) is 9.31. The molecule has 0 unspecified atom stereocenters. The second-order valence-corrected chi connectivity index (χ2v) is 8.87. The van der Waals surface area contributed by atoms with Crippen molar-refractivity contribution in [2.45, 2.75) is 30.8 Å². The number of aryl methyl sites for hydroxylation is 1. The number of anilines is 1. The van der Waals surface area contributed by atoms with E-state index in [0.29, 0.717) is 21.4 Å². The molecule has 144 valence electrons. The van der Waals surface area contributed by atoms with Crippen molar-refractivity contribution >= 4 is 56.1 Å². The molecule has 0 bridgehead atoms. The van der Waals surface area contributed by atoms with Gasteiger partial charge in [0.15, 0.2) is 5.65 Å². The molecule has 3 aromatic heterocycles. The summed E-state index contributed by atoms with van der Waals surface area (Å²) in [6.45, 7) is 0. The summed E-state index contributed by atoms with van der Waals surface area (Å²) in [7, 11) is 0. The molecule has 0 atom stereocenters. The molecular formula is C20H16N6OS2. The van der Waals surface area contributed by atoms with E-state index in [0.717, 1.165) is 47.7 Å². The average molecular weight is 421 g/mol. The molecular weight excluding hydrogens is 404 g/mol. The van der Waals surface area contributed by atoms with Crippen molar-refractivity contribution in [3.05, 3.63) is 40.3 Å². The number of benzene rings is 1. The molecule has 7 nitrogen and oxygen atoms in total. The summed E-state index contributed by atoms with van der Waals surface area (Å²) in [4.78, 5) is 21.4. The molecule has 0 spiro atoms. The summed E-state index contributed by atoms with van der Waals surface area (Å²) in [5.41, 5.74) is 4.07. The lowest BCUT2D eigenvalue weighted by Gasteiger charge is -2.09. The number of aromatic amines is 1. The van der Waals surface area contributed by atoms with Gasteiger partial charge in [-0.2, -0.15) is 5.26 Å². The maximum atomic E-state index is 12.5. The Morgan fingerprint density at radius 2 is 2.14 bits per heavy atom. The number of hydrogen-bond acceptors (Lipinski definition) is 7. The van der Waals surface area contributed by atoms with Crippen molar-refractivity contribution in [3.63, 3.8) is 0 Å². The van der Waals surface area contributed by atoms with Gasteiger partial charge in [0, 0.05) is 15.8 Å². The van der Waals surface area contributed by atoms with Gasteiger partial charge in [0.25, 0.3) is 0 Å². The van der Waals surface area contributed by atoms with Gasteiger partial charge in [-0.05, 0) is 37.3 Å². The van der Waals surface area contributed by atoms with E-state index >= 15 is 0 Å². The number of thioether (sulfide) groups is 1. The molecule has 0 saturated heterocycles. The van der Waals surface area contributed by atoms with E-state index in [2.05, 4.69) is 31.6 Å². The van der Waals surface area contributed by atoms with Gasteiger partial charge in [0.05, 0.1) is 11.3 Å². The Balaban J connectivity index is 1.30. The number of aromatic nitrogens is 4. The van der Waals surface area contributed by atoms with Crippen molar-refractivity contribution in [2.75, 3.05) is 11.1 Å². The van der Waals surface area contributed by atoms with Crippen molar-refractivity contribution in [3.8, 4) is 6.07 Å². The van der Waals surface area contributed by atoms with Crippen molar-refractivity contribution in [1.82, 2.24) is 20.2 Å². The molecule has 0 saturated carbocycles. The highest BCUT2D eigenvalue weighted by Gasteiger charge is 2.22. The number of amides is 1. The van der Waals surface area contributed by atoms with Crippen LogP contribution in [-0.2, 0) is 17.6 Å². The maximum Gasteiger partial charge on any atom is 0.235 e. The zero-order chi connectivity index (χ0) is 19.8. The molecule has 0 aliphatic heterocycles. The third-order valence-corrected chi connectivity index (χ3v) is 7.02. The molecule has 1 aromatic carbocycles. The summed E-state index contributed by atoms with van der Waals surface area (Å²) < 4.78 is 0. The molecule has 4 aromatic rings. The Morgan fingerprint density at radius 3 is 3.03 bits per heavy atom. The highest BCUT2D eigenvalue weighted by atomic mass is 32.2. The number of H-pyrrole nitrogens is 1. The minimum absolute atomic E-state index is 0.154. The van der Waals surface area contributed by atoms with Crippen LogP contribution < -0.4 is 5.32 Å². The van der Waals surface area contributed by atoms with E-state index < -0.39 is 0 Å². The second-order valence-electron chi connectivity index (χ2n) is 6.83. The molecule has 1 aliphatic rings. The zero-order valence-corrected chi connectivity index (χ0v) is 17.0. The lowest BCUT2D eigenvalue weighted by Crippen LogP contribution is -2.14. The summed E-state index contributed by atoms with van der Waals surface area (Å²) in [6.07, 6.45) is 4.15. The summed E-state index contributed by atoms with van der Waals surface area (Å²) in [5, 5.41) is 22.9. The number of carbonyl (C=O) groups excluding carboxylic acids is 1. The normalized spacial score (nSPS) is 13.3. The maximum absolute atomic E-state index is 12.5. The Hall–Kier alpha value is -2.96. The monoisotopic (exact) mass is 420 g/mol. The van der Waals surface area contributed by atoms with Gasteiger partial charge < -0.3 is 10.3 Å². The van der Waals surface area contributed by atoms with Crippen molar-refractivity contribution in [1.29, 1.82) is 5.26 Å². The first kappa shape index (κ1) is 18.1. The van der Waals surface area contributed by atoms with Gasteiger partial charge in [-0.15, -0.1) is 21.5 Å². The number of thiophene rings is 1. The first-order valence-corrected chi connectivity index (χ1v) is 11.1. The van der Waals surface area contributed by atoms with Crippen molar-refractivity contribution in [2.24, 2.45) is 0 Å². The van der Waals surface area contributed by atoms with Crippen LogP contribution in [-0.4, -0.2) is 31.8 Å². The Morgan fingerprint density at radius 1 is 1.28 bits per heavy atom. The summed E-state index contributed by atoms with van der Waals surface area (Å²) in [5.74, 6) is -0.0219. The fourth-order valence-corrected chi connectivity index (χ4v) is 5.47. The number of rotatable bonds is 4. The van der Waals surface area contributed by atoms with Gasteiger partial charge in [-0.1, -0.05) is 30.0 Å². The standard InChI is InChI=1S/C20H16N6OS2/c21-9-13-11-5-2-4-8-15(11)29-19(13)23-16(27)10-28-20-24-18-17(25-26-20)12-6-1-3-7-14(12)22-18/h1,3,6-7H,2,4-5,8,10H2,(H,23,27)(H,22,24,26). The van der Waals surface area contributed by atoms with Crippen LogP contribution in [0.3, 0.4) is 0 Å². The van der Waals surface area contributed by atoms with E-state index in [1.54, 1.807) is 0 Å². The molecule has 0 fully saturated rings. The topological polar surface area (TPSA) is 107 Å². The number of nitrogens with zero attached hydrogens (tertiary/aromatic N) is 4. The minimum atomic E-state index is -0.176. The average Bonchev–Trinajstić information content (AvgIpc) is 3.29. The van der Waals surface area contributed by atoms with Crippen LogP contribution in [0.1, 0.15) is 28.8 Å².